The van der Waals surface area contributed by atoms with Gasteiger partial charge in [0.2, 0.25) is 0 Å². The molecule has 8 nitrogen and oxygen atoms in total. The summed E-state index contributed by atoms with van der Waals surface area (Å²) in [5.74, 6) is -0.345. The summed E-state index contributed by atoms with van der Waals surface area (Å²) in [7, 11) is 0. The summed E-state index contributed by atoms with van der Waals surface area (Å²) in [5, 5.41) is 23.9. The molecule has 0 unspecified atom stereocenters. The van der Waals surface area contributed by atoms with E-state index in [4.69, 9.17) is 4.74 Å². The lowest BCUT2D eigenvalue weighted by atomic mass is 9.87. The molecule has 1 amide bonds. The zero-order valence-corrected chi connectivity index (χ0v) is 15.3. The Morgan fingerprint density at radius 2 is 1.93 bits per heavy atom. The maximum absolute atomic E-state index is 11.8. The van der Waals surface area contributed by atoms with Gasteiger partial charge in [0.25, 0.3) is 5.91 Å². The van der Waals surface area contributed by atoms with E-state index in [2.05, 4.69) is 31.3 Å². The highest BCUT2D eigenvalue weighted by atomic mass is 16.6. The number of nitrogens with zero attached hydrogens (tertiary/aromatic N) is 2. The van der Waals surface area contributed by atoms with Gasteiger partial charge in [-0.2, -0.15) is 5.10 Å². The number of benzene rings is 2. The van der Waals surface area contributed by atoms with Crippen molar-refractivity contribution in [1.82, 2.24) is 5.43 Å². The fraction of sp³-hybridized carbons (Fsp3) is 0.263. The molecule has 0 fully saturated rings. The van der Waals surface area contributed by atoms with E-state index in [1.807, 2.05) is 12.1 Å². The minimum atomic E-state index is -0.704. The maximum atomic E-state index is 11.8. The molecular formula is C19H21N3O5. The van der Waals surface area contributed by atoms with Crippen LogP contribution in [0.3, 0.4) is 0 Å². The van der Waals surface area contributed by atoms with Crippen molar-refractivity contribution in [3.63, 3.8) is 0 Å². The molecule has 8 heteroatoms. The van der Waals surface area contributed by atoms with Gasteiger partial charge in [0, 0.05) is 11.6 Å². The molecule has 2 rings (SSSR count). The number of aromatic hydroxyl groups is 1. The topological polar surface area (TPSA) is 114 Å². The first-order valence-electron chi connectivity index (χ1n) is 8.19. The van der Waals surface area contributed by atoms with Gasteiger partial charge in [0.1, 0.15) is 5.75 Å². The second-order valence-electron chi connectivity index (χ2n) is 6.86. The smallest absolute Gasteiger partial charge is 0.311 e. The number of nitro benzene ring substituents is 1. The summed E-state index contributed by atoms with van der Waals surface area (Å²) in [6.07, 6.45) is 1.24. The first kappa shape index (κ1) is 19.9. The Morgan fingerprint density at radius 3 is 2.52 bits per heavy atom. The number of phenols is 1. The lowest BCUT2D eigenvalue weighted by molar-refractivity contribution is -0.385. The minimum absolute atomic E-state index is 0.0356. The number of rotatable bonds is 6. The van der Waals surface area contributed by atoms with Crippen LogP contribution in [-0.4, -0.2) is 28.8 Å². The molecule has 0 aliphatic rings. The van der Waals surface area contributed by atoms with E-state index in [0.29, 0.717) is 11.3 Å². The summed E-state index contributed by atoms with van der Waals surface area (Å²) in [4.78, 5) is 21.8. The lowest BCUT2D eigenvalue weighted by Gasteiger charge is -2.19. The summed E-state index contributed by atoms with van der Waals surface area (Å²) >= 11 is 0. The van der Waals surface area contributed by atoms with Gasteiger partial charge in [-0.3, -0.25) is 14.9 Å². The Kier molecular flexibility index (Phi) is 6.12. The summed E-state index contributed by atoms with van der Waals surface area (Å²) in [5.41, 5.74) is 3.39. The van der Waals surface area contributed by atoms with Crippen molar-refractivity contribution < 1.29 is 19.6 Å². The van der Waals surface area contributed by atoms with Crippen LogP contribution < -0.4 is 10.2 Å². The Labute approximate surface area is 156 Å². The van der Waals surface area contributed by atoms with Crippen LogP contribution in [0.15, 0.2) is 47.6 Å². The zero-order valence-electron chi connectivity index (χ0n) is 15.3. The van der Waals surface area contributed by atoms with Crippen LogP contribution in [0, 0.1) is 10.1 Å². The third kappa shape index (κ3) is 5.81. The molecule has 0 radical (unpaired) electrons. The van der Waals surface area contributed by atoms with Crippen LogP contribution in [0.2, 0.25) is 0 Å². The molecule has 0 saturated heterocycles. The second kappa shape index (κ2) is 8.31. The molecule has 0 spiro atoms. The first-order valence-corrected chi connectivity index (χ1v) is 8.19. The van der Waals surface area contributed by atoms with E-state index in [9.17, 15) is 20.0 Å². The van der Waals surface area contributed by atoms with Crippen molar-refractivity contribution >= 4 is 17.8 Å². The molecule has 2 N–H and O–H groups in total. The number of carbonyl (C=O) groups excluding carboxylic acids is 1. The molecule has 0 saturated carbocycles. The molecule has 0 aliphatic heterocycles. The molecule has 142 valence electrons. The van der Waals surface area contributed by atoms with Crippen LogP contribution in [0.1, 0.15) is 31.9 Å². The lowest BCUT2D eigenvalue weighted by Crippen LogP contribution is -2.24. The monoisotopic (exact) mass is 371 g/mol. The predicted octanol–water partition coefficient (Wildman–Crippen LogP) is 3.13. The van der Waals surface area contributed by atoms with E-state index >= 15 is 0 Å². The number of hydrazone groups is 1. The Bertz CT molecular complexity index is 855. The highest BCUT2D eigenvalue weighted by Crippen LogP contribution is 2.25. The minimum Gasteiger partial charge on any atom is -0.502 e. The number of nitro groups is 1. The van der Waals surface area contributed by atoms with Gasteiger partial charge < -0.3 is 9.84 Å². The Morgan fingerprint density at radius 1 is 1.26 bits per heavy atom. The van der Waals surface area contributed by atoms with Crippen molar-refractivity contribution in [3.8, 4) is 11.5 Å². The standard InChI is InChI=1S/C19H21N3O5/c1-19(2,3)14-5-7-15(8-6-14)27-12-18(24)21-20-11-13-4-9-17(23)16(10-13)22(25)26/h4-11,23H,12H2,1-3H3,(H,21,24)/b20-11+. The third-order valence-corrected chi connectivity index (χ3v) is 3.69. The van der Waals surface area contributed by atoms with Crippen LogP contribution in [0.4, 0.5) is 5.69 Å². The van der Waals surface area contributed by atoms with Gasteiger partial charge in [-0.25, -0.2) is 5.43 Å². The normalized spacial score (nSPS) is 11.4. The number of hydrogen-bond acceptors (Lipinski definition) is 6. The Hall–Kier alpha value is -3.42. The van der Waals surface area contributed by atoms with Crippen LogP contribution in [0.25, 0.3) is 0 Å². The average molecular weight is 371 g/mol. The third-order valence-electron chi connectivity index (χ3n) is 3.69. The summed E-state index contributed by atoms with van der Waals surface area (Å²) < 4.78 is 5.40. The number of hydrogen-bond donors (Lipinski definition) is 2. The fourth-order valence-corrected chi connectivity index (χ4v) is 2.18. The molecule has 0 aromatic heterocycles. The average Bonchev–Trinajstić information content (AvgIpc) is 2.60. The first-order chi connectivity index (χ1) is 12.7. The highest BCUT2D eigenvalue weighted by Gasteiger charge is 2.14. The molecule has 0 heterocycles. The molecular weight excluding hydrogens is 350 g/mol. The summed E-state index contributed by atoms with van der Waals surface area (Å²) in [6.45, 7) is 6.10. The van der Waals surface area contributed by atoms with Crippen molar-refractivity contribution in [2.24, 2.45) is 5.10 Å². The summed E-state index contributed by atoms with van der Waals surface area (Å²) in [6, 6.07) is 11.3. The van der Waals surface area contributed by atoms with Crippen LogP contribution >= 0.6 is 0 Å². The molecule has 2 aromatic carbocycles. The van der Waals surface area contributed by atoms with Gasteiger partial charge in [0.15, 0.2) is 12.4 Å². The SMILES string of the molecule is CC(C)(C)c1ccc(OCC(=O)N/N=C/c2ccc(O)c([N+](=O)[O-])c2)cc1. The van der Waals surface area contributed by atoms with E-state index < -0.39 is 22.3 Å². The molecule has 0 aliphatic carbocycles. The number of amides is 1. The maximum Gasteiger partial charge on any atom is 0.311 e. The second-order valence-corrected chi connectivity index (χ2v) is 6.86. The van der Waals surface area contributed by atoms with E-state index in [1.165, 1.54) is 18.3 Å². The predicted molar refractivity (Wildman–Crippen MR) is 101 cm³/mol. The number of ether oxygens (including phenoxy) is 1. The van der Waals surface area contributed by atoms with E-state index in [-0.39, 0.29) is 12.0 Å². The van der Waals surface area contributed by atoms with Crippen LogP contribution in [0.5, 0.6) is 11.5 Å². The van der Waals surface area contributed by atoms with Gasteiger partial charge in [0.05, 0.1) is 11.1 Å². The fourth-order valence-electron chi connectivity index (χ4n) is 2.18. The molecule has 2 aromatic rings. The van der Waals surface area contributed by atoms with Crippen molar-refractivity contribution in [3.05, 3.63) is 63.7 Å². The molecule has 0 atom stereocenters. The van der Waals surface area contributed by atoms with Gasteiger partial charge in [-0.05, 0) is 35.2 Å². The van der Waals surface area contributed by atoms with Crippen LogP contribution in [-0.2, 0) is 10.2 Å². The number of carbonyl (C=O) groups is 1. The van der Waals surface area contributed by atoms with Crippen molar-refractivity contribution in [2.75, 3.05) is 6.61 Å². The van der Waals surface area contributed by atoms with Gasteiger partial charge in [-0.15, -0.1) is 0 Å². The zero-order chi connectivity index (χ0) is 20.0. The quantitative estimate of drug-likeness (QED) is 0.460. The molecule has 0 bridgehead atoms. The van der Waals surface area contributed by atoms with Gasteiger partial charge >= 0.3 is 5.69 Å². The van der Waals surface area contributed by atoms with Gasteiger partial charge in [-0.1, -0.05) is 32.9 Å². The number of nitrogens with one attached hydrogen (secondary N) is 1. The number of phenolic OH excluding ortho intramolecular Hbond substituents is 1. The van der Waals surface area contributed by atoms with E-state index in [1.54, 1.807) is 12.1 Å². The van der Waals surface area contributed by atoms with Crippen molar-refractivity contribution in [1.29, 1.82) is 0 Å². The van der Waals surface area contributed by atoms with E-state index in [0.717, 1.165) is 11.6 Å². The van der Waals surface area contributed by atoms with Crippen molar-refractivity contribution in [2.45, 2.75) is 26.2 Å². The molecule has 27 heavy (non-hydrogen) atoms. The largest absolute Gasteiger partial charge is 0.502 e. The highest BCUT2D eigenvalue weighted by molar-refractivity contribution is 5.84. The Balaban J connectivity index is 1.87.